The van der Waals surface area contributed by atoms with E-state index < -0.39 is 9.75 Å². The number of hydrogen-bond acceptors (Lipinski definition) is 1. The monoisotopic (exact) mass is 277 g/mol. The number of rotatable bonds is 5. The third-order valence-electron chi connectivity index (χ3n) is 3.93. The lowest BCUT2D eigenvalue weighted by Crippen LogP contribution is -2.40. The number of amides is 1. The van der Waals surface area contributed by atoms with Gasteiger partial charge >= 0.3 is 0 Å². The summed E-state index contributed by atoms with van der Waals surface area (Å²) in [6.07, 6.45) is 3.91. The second-order valence-corrected chi connectivity index (χ2v) is 7.61. The maximum absolute atomic E-state index is 12.5. The van der Waals surface area contributed by atoms with Crippen LogP contribution < -0.4 is 0 Å². The molecule has 0 aromatic rings. The third kappa shape index (κ3) is 2.58. The van der Waals surface area contributed by atoms with Crippen LogP contribution >= 0.6 is 23.2 Å². The van der Waals surface area contributed by atoms with Gasteiger partial charge in [0.05, 0.1) is 5.41 Å². The van der Waals surface area contributed by atoms with Crippen LogP contribution in [0, 0.1) is 11.3 Å². The average molecular weight is 278 g/mol. The summed E-state index contributed by atoms with van der Waals surface area (Å²) in [4.78, 5) is 14.5. The van der Waals surface area contributed by atoms with Crippen molar-refractivity contribution in [1.82, 2.24) is 4.90 Å². The Labute approximate surface area is 114 Å². The summed E-state index contributed by atoms with van der Waals surface area (Å²) in [6, 6.07) is 0.447. The zero-order valence-corrected chi connectivity index (χ0v) is 12.3. The van der Waals surface area contributed by atoms with Gasteiger partial charge in [0, 0.05) is 12.6 Å². The van der Waals surface area contributed by atoms with E-state index in [0.717, 1.165) is 25.8 Å². The molecule has 0 saturated heterocycles. The van der Waals surface area contributed by atoms with E-state index in [9.17, 15) is 4.79 Å². The van der Waals surface area contributed by atoms with E-state index in [2.05, 4.69) is 13.8 Å². The summed E-state index contributed by atoms with van der Waals surface area (Å²) in [5, 5.41) is 0. The van der Waals surface area contributed by atoms with Crippen LogP contribution in [0.1, 0.15) is 46.5 Å². The summed E-state index contributed by atoms with van der Waals surface area (Å²) >= 11 is 12.2. The molecule has 2 fully saturated rings. The minimum Gasteiger partial charge on any atom is -0.339 e. The minimum absolute atomic E-state index is 0.158. The van der Waals surface area contributed by atoms with E-state index in [1.807, 2.05) is 11.8 Å². The fraction of sp³-hybridized carbons (Fsp3) is 0.923. The maximum atomic E-state index is 12.5. The molecule has 2 aliphatic carbocycles. The Morgan fingerprint density at radius 1 is 1.41 bits per heavy atom. The average Bonchev–Trinajstić information content (AvgIpc) is 3.06. The van der Waals surface area contributed by atoms with Gasteiger partial charge in [0.25, 0.3) is 0 Å². The van der Waals surface area contributed by atoms with Crippen molar-refractivity contribution in [3.05, 3.63) is 0 Å². The molecular formula is C13H21Cl2NO. The first-order chi connectivity index (χ1) is 7.78. The number of halogens is 2. The van der Waals surface area contributed by atoms with E-state index in [-0.39, 0.29) is 5.91 Å². The first-order valence-electron chi connectivity index (χ1n) is 6.47. The van der Waals surface area contributed by atoms with Gasteiger partial charge in [-0.2, -0.15) is 0 Å². The van der Waals surface area contributed by atoms with Crippen molar-refractivity contribution >= 4 is 29.1 Å². The van der Waals surface area contributed by atoms with E-state index in [0.29, 0.717) is 18.4 Å². The molecule has 2 aliphatic rings. The largest absolute Gasteiger partial charge is 0.339 e. The molecule has 0 aliphatic heterocycles. The fourth-order valence-electron chi connectivity index (χ4n) is 2.18. The third-order valence-corrected chi connectivity index (χ3v) is 5.03. The van der Waals surface area contributed by atoms with E-state index >= 15 is 0 Å². The molecule has 0 heterocycles. The standard InChI is InChI=1S/C13H21Cl2NO/c1-9(2)6-7-16(10-4-5-10)11(17)12(3)8-13(12,14)15/h9-10H,4-8H2,1-3H3. The Balaban J connectivity index is 1.99. The lowest BCUT2D eigenvalue weighted by molar-refractivity contribution is -0.137. The SMILES string of the molecule is CC(C)CCN(C(=O)C1(C)CC1(Cl)Cl)C1CC1. The van der Waals surface area contributed by atoms with Gasteiger partial charge in [-0.15, -0.1) is 23.2 Å². The van der Waals surface area contributed by atoms with E-state index in [1.54, 1.807) is 0 Å². The molecule has 0 spiro atoms. The summed E-state index contributed by atoms with van der Waals surface area (Å²) in [5.41, 5.74) is -0.546. The van der Waals surface area contributed by atoms with Crippen molar-refractivity contribution in [2.75, 3.05) is 6.54 Å². The van der Waals surface area contributed by atoms with Gasteiger partial charge < -0.3 is 4.90 Å². The minimum atomic E-state index is -0.838. The van der Waals surface area contributed by atoms with Crippen LogP contribution in [-0.4, -0.2) is 27.7 Å². The number of alkyl halides is 2. The molecule has 0 aromatic carbocycles. The highest BCUT2D eigenvalue weighted by molar-refractivity contribution is 6.53. The highest BCUT2D eigenvalue weighted by Crippen LogP contribution is 2.64. The van der Waals surface area contributed by atoms with Crippen LogP contribution in [0.4, 0.5) is 0 Å². The first kappa shape index (κ1) is 13.5. The predicted octanol–water partition coefficient (Wildman–Crippen LogP) is 3.61. The predicted molar refractivity (Wildman–Crippen MR) is 71.4 cm³/mol. The lowest BCUT2D eigenvalue weighted by Gasteiger charge is -2.27. The molecule has 98 valence electrons. The Bertz CT molecular complexity index is 325. The molecule has 2 nitrogen and oxygen atoms in total. The van der Waals surface area contributed by atoms with Gasteiger partial charge in [-0.25, -0.2) is 0 Å². The highest BCUT2D eigenvalue weighted by atomic mass is 35.5. The molecule has 0 bridgehead atoms. The number of nitrogens with zero attached hydrogens (tertiary/aromatic N) is 1. The van der Waals surface area contributed by atoms with Crippen molar-refractivity contribution in [3.63, 3.8) is 0 Å². The molecule has 2 rings (SSSR count). The molecule has 1 unspecified atom stereocenters. The van der Waals surface area contributed by atoms with Crippen LogP contribution in [-0.2, 0) is 4.79 Å². The second kappa shape index (κ2) is 4.31. The lowest BCUT2D eigenvalue weighted by atomic mass is 10.1. The van der Waals surface area contributed by atoms with Crippen molar-refractivity contribution < 1.29 is 4.79 Å². The zero-order chi connectivity index (χ0) is 12.8. The summed E-state index contributed by atoms with van der Waals surface area (Å²) in [7, 11) is 0. The second-order valence-electron chi connectivity index (χ2n) is 6.13. The van der Waals surface area contributed by atoms with Crippen LogP contribution in [0.2, 0.25) is 0 Å². The number of carbonyl (C=O) groups is 1. The normalized spacial score (nSPS) is 30.5. The van der Waals surface area contributed by atoms with Gasteiger partial charge in [0.2, 0.25) is 5.91 Å². The molecule has 2 saturated carbocycles. The molecular weight excluding hydrogens is 257 g/mol. The van der Waals surface area contributed by atoms with Crippen LogP contribution in [0.3, 0.4) is 0 Å². The molecule has 0 aromatic heterocycles. The van der Waals surface area contributed by atoms with Gasteiger partial charge in [-0.05, 0) is 38.5 Å². The Morgan fingerprint density at radius 3 is 2.29 bits per heavy atom. The Kier molecular flexibility index (Phi) is 3.42. The van der Waals surface area contributed by atoms with Crippen LogP contribution in [0.25, 0.3) is 0 Å². The molecule has 1 atom stereocenters. The van der Waals surface area contributed by atoms with Crippen molar-refractivity contribution in [1.29, 1.82) is 0 Å². The van der Waals surface area contributed by atoms with Crippen molar-refractivity contribution in [2.24, 2.45) is 11.3 Å². The van der Waals surface area contributed by atoms with Gasteiger partial charge in [-0.3, -0.25) is 4.79 Å². The van der Waals surface area contributed by atoms with Gasteiger partial charge in [-0.1, -0.05) is 13.8 Å². The summed E-state index contributed by atoms with van der Waals surface area (Å²) in [6.45, 7) is 7.10. The highest BCUT2D eigenvalue weighted by Gasteiger charge is 2.69. The van der Waals surface area contributed by atoms with Crippen LogP contribution in [0.5, 0.6) is 0 Å². The summed E-state index contributed by atoms with van der Waals surface area (Å²) in [5.74, 6) is 0.776. The molecule has 1 amide bonds. The maximum Gasteiger partial charge on any atom is 0.231 e. The number of hydrogen-bond donors (Lipinski definition) is 0. The smallest absolute Gasteiger partial charge is 0.231 e. The first-order valence-corrected chi connectivity index (χ1v) is 7.22. The van der Waals surface area contributed by atoms with Crippen molar-refractivity contribution in [2.45, 2.75) is 56.8 Å². The van der Waals surface area contributed by atoms with Crippen molar-refractivity contribution in [3.8, 4) is 0 Å². The van der Waals surface area contributed by atoms with Gasteiger partial charge in [0.1, 0.15) is 4.33 Å². The molecule has 0 N–H and O–H groups in total. The topological polar surface area (TPSA) is 20.3 Å². The van der Waals surface area contributed by atoms with E-state index in [4.69, 9.17) is 23.2 Å². The molecule has 17 heavy (non-hydrogen) atoms. The quantitative estimate of drug-likeness (QED) is 0.703. The molecule has 4 heteroatoms. The van der Waals surface area contributed by atoms with Crippen LogP contribution in [0.15, 0.2) is 0 Å². The fourth-order valence-corrected chi connectivity index (χ4v) is 2.88. The van der Waals surface area contributed by atoms with E-state index in [1.165, 1.54) is 0 Å². The molecule has 0 radical (unpaired) electrons. The Hall–Kier alpha value is 0.0500. The summed E-state index contributed by atoms with van der Waals surface area (Å²) < 4.78 is -0.838. The van der Waals surface area contributed by atoms with Gasteiger partial charge in [0.15, 0.2) is 0 Å². The Morgan fingerprint density at radius 2 is 1.94 bits per heavy atom. The number of carbonyl (C=O) groups excluding carboxylic acids is 1. The zero-order valence-electron chi connectivity index (χ0n) is 10.8.